The molecular weight excluding hydrogens is 204 g/mol. The molecule has 76 valence electrons. The molecule has 1 aromatic heterocycles. The molecule has 1 aliphatic rings. The molecule has 1 aliphatic heterocycles. The van der Waals surface area contributed by atoms with Crippen LogP contribution >= 0.6 is 12.4 Å². The summed E-state index contributed by atoms with van der Waals surface area (Å²) in [5, 5.41) is 11.8. The van der Waals surface area contributed by atoms with Gasteiger partial charge in [0, 0.05) is 6.54 Å². The number of hydrogen-bond acceptors (Lipinski definition) is 3. The van der Waals surface area contributed by atoms with Gasteiger partial charge in [-0.15, -0.1) is 12.4 Å². The Labute approximate surface area is 87.8 Å². The van der Waals surface area contributed by atoms with Crippen molar-refractivity contribution in [3.05, 3.63) is 23.4 Å². The van der Waals surface area contributed by atoms with Crippen molar-refractivity contribution in [3.63, 3.8) is 0 Å². The summed E-state index contributed by atoms with van der Waals surface area (Å²) in [5.74, 6) is -0.249. The van der Waals surface area contributed by atoms with Crippen molar-refractivity contribution in [2.24, 2.45) is 0 Å². The topological polar surface area (TPSA) is 62.2 Å². The van der Waals surface area contributed by atoms with Crippen LogP contribution in [0.2, 0.25) is 0 Å². The van der Waals surface area contributed by atoms with Crippen molar-refractivity contribution < 1.29 is 9.90 Å². The van der Waals surface area contributed by atoms with Gasteiger partial charge in [-0.2, -0.15) is 0 Å². The van der Waals surface area contributed by atoms with E-state index in [1.165, 1.54) is 0 Å². The van der Waals surface area contributed by atoms with Crippen LogP contribution in [-0.2, 0) is 6.42 Å². The number of carboxylic acids is 1. The number of aryl methyl sites for hydroxylation is 1. The van der Waals surface area contributed by atoms with Crippen molar-refractivity contribution in [1.29, 1.82) is 0 Å². The Morgan fingerprint density at radius 1 is 1.50 bits per heavy atom. The second-order valence-electron chi connectivity index (χ2n) is 3.04. The fraction of sp³-hybridized carbons (Fsp3) is 0.333. The van der Waals surface area contributed by atoms with E-state index in [9.17, 15) is 4.79 Å². The highest BCUT2D eigenvalue weighted by Gasteiger charge is 2.12. The van der Waals surface area contributed by atoms with Crippen LogP contribution in [-0.4, -0.2) is 22.6 Å². The van der Waals surface area contributed by atoms with Gasteiger partial charge in [0.25, 0.3) is 0 Å². The number of carbonyl (C=O) groups is 1. The van der Waals surface area contributed by atoms with Crippen LogP contribution in [0.1, 0.15) is 22.5 Å². The lowest BCUT2D eigenvalue weighted by molar-refractivity contribution is 0.0690. The van der Waals surface area contributed by atoms with Gasteiger partial charge < -0.3 is 10.4 Å². The lowest BCUT2D eigenvalue weighted by Gasteiger charge is -2.16. The SMILES string of the molecule is Cl.O=C(O)c1ccc2c(n1)NCCC2. The third-order valence-electron chi connectivity index (χ3n) is 2.11. The molecule has 4 nitrogen and oxygen atoms in total. The Morgan fingerprint density at radius 3 is 3.00 bits per heavy atom. The third-order valence-corrected chi connectivity index (χ3v) is 2.11. The van der Waals surface area contributed by atoms with Crippen molar-refractivity contribution in [2.45, 2.75) is 12.8 Å². The van der Waals surface area contributed by atoms with Crippen LogP contribution in [0.4, 0.5) is 5.82 Å². The zero-order chi connectivity index (χ0) is 9.26. The van der Waals surface area contributed by atoms with Crippen molar-refractivity contribution in [1.82, 2.24) is 4.98 Å². The van der Waals surface area contributed by atoms with E-state index in [0.717, 1.165) is 30.8 Å². The molecule has 0 saturated heterocycles. The second-order valence-corrected chi connectivity index (χ2v) is 3.04. The molecule has 5 heteroatoms. The molecule has 2 heterocycles. The number of aromatic nitrogens is 1. The number of nitrogens with one attached hydrogen (secondary N) is 1. The summed E-state index contributed by atoms with van der Waals surface area (Å²) in [4.78, 5) is 14.6. The maximum atomic E-state index is 10.6. The highest BCUT2D eigenvalue weighted by atomic mass is 35.5. The summed E-state index contributed by atoms with van der Waals surface area (Å²) in [5.41, 5.74) is 1.21. The van der Waals surface area contributed by atoms with Gasteiger partial charge in [-0.1, -0.05) is 6.07 Å². The molecule has 0 fully saturated rings. The molecule has 0 unspecified atom stereocenters. The minimum atomic E-state index is -0.977. The smallest absolute Gasteiger partial charge is 0.354 e. The highest BCUT2D eigenvalue weighted by molar-refractivity contribution is 5.86. The van der Waals surface area contributed by atoms with Crippen LogP contribution in [0.5, 0.6) is 0 Å². The molecule has 2 N–H and O–H groups in total. The van der Waals surface area contributed by atoms with Gasteiger partial charge in [-0.25, -0.2) is 9.78 Å². The number of halogens is 1. The molecule has 1 aromatic rings. The van der Waals surface area contributed by atoms with Gasteiger partial charge in [0.05, 0.1) is 0 Å². The molecule has 0 spiro atoms. The van der Waals surface area contributed by atoms with E-state index in [-0.39, 0.29) is 18.1 Å². The Kier molecular flexibility index (Phi) is 3.30. The van der Waals surface area contributed by atoms with E-state index in [0.29, 0.717) is 0 Å². The van der Waals surface area contributed by atoms with E-state index < -0.39 is 5.97 Å². The maximum absolute atomic E-state index is 10.6. The highest BCUT2D eigenvalue weighted by Crippen LogP contribution is 2.19. The summed E-state index contributed by atoms with van der Waals surface area (Å²) in [7, 11) is 0. The Hall–Kier alpha value is -1.29. The minimum absolute atomic E-state index is 0. The first-order valence-corrected chi connectivity index (χ1v) is 4.24. The van der Waals surface area contributed by atoms with Crippen LogP contribution < -0.4 is 5.32 Å². The number of aromatic carboxylic acids is 1. The molecule has 0 radical (unpaired) electrons. The number of anilines is 1. The van der Waals surface area contributed by atoms with Gasteiger partial charge in [0.1, 0.15) is 5.82 Å². The van der Waals surface area contributed by atoms with E-state index in [1.54, 1.807) is 6.07 Å². The van der Waals surface area contributed by atoms with Gasteiger partial charge in [-0.05, 0) is 24.5 Å². The molecule has 0 aromatic carbocycles. The average molecular weight is 215 g/mol. The first kappa shape index (κ1) is 10.8. The van der Waals surface area contributed by atoms with Gasteiger partial charge in [-0.3, -0.25) is 0 Å². The van der Waals surface area contributed by atoms with E-state index in [2.05, 4.69) is 10.3 Å². The summed E-state index contributed by atoms with van der Waals surface area (Å²) in [6.45, 7) is 0.878. The second kappa shape index (κ2) is 4.28. The number of rotatable bonds is 1. The largest absolute Gasteiger partial charge is 0.477 e. The van der Waals surface area contributed by atoms with Crippen LogP contribution in [0.15, 0.2) is 12.1 Å². The Morgan fingerprint density at radius 2 is 2.29 bits per heavy atom. The van der Waals surface area contributed by atoms with E-state index in [1.807, 2.05) is 6.07 Å². The summed E-state index contributed by atoms with van der Waals surface area (Å²) >= 11 is 0. The first-order chi connectivity index (χ1) is 6.27. The minimum Gasteiger partial charge on any atom is -0.477 e. The predicted octanol–water partition coefficient (Wildman–Crippen LogP) is 1.56. The summed E-state index contributed by atoms with van der Waals surface area (Å²) in [6.07, 6.45) is 2.07. The zero-order valence-corrected chi connectivity index (χ0v) is 8.30. The molecule has 0 aliphatic carbocycles. The molecule has 0 amide bonds. The number of nitrogens with zero attached hydrogens (tertiary/aromatic N) is 1. The number of hydrogen-bond donors (Lipinski definition) is 2. The zero-order valence-electron chi connectivity index (χ0n) is 7.49. The summed E-state index contributed by atoms with van der Waals surface area (Å²) in [6, 6.07) is 3.38. The van der Waals surface area contributed by atoms with Gasteiger partial charge >= 0.3 is 5.97 Å². The fourth-order valence-corrected chi connectivity index (χ4v) is 1.45. The normalized spacial score (nSPS) is 13.4. The monoisotopic (exact) mass is 214 g/mol. The lowest BCUT2D eigenvalue weighted by Crippen LogP contribution is -2.15. The van der Waals surface area contributed by atoms with Gasteiger partial charge in [0.2, 0.25) is 0 Å². The van der Waals surface area contributed by atoms with Crippen molar-refractivity contribution in [3.8, 4) is 0 Å². The molecule has 2 rings (SSSR count). The number of fused-ring (bicyclic) bond motifs is 1. The first-order valence-electron chi connectivity index (χ1n) is 4.24. The van der Waals surface area contributed by atoms with Crippen molar-refractivity contribution in [2.75, 3.05) is 11.9 Å². The van der Waals surface area contributed by atoms with Gasteiger partial charge in [0.15, 0.2) is 5.69 Å². The van der Waals surface area contributed by atoms with E-state index in [4.69, 9.17) is 5.11 Å². The number of carboxylic acid groups (broad SMARTS) is 1. The summed E-state index contributed by atoms with van der Waals surface area (Å²) < 4.78 is 0. The Balaban J connectivity index is 0.000000980. The Bertz CT molecular complexity index is 355. The van der Waals surface area contributed by atoms with Crippen molar-refractivity contribution >= 4 is 24.2 Å². The van der Waals surface area contributed by atoms with Crippen LogP contribution in [0.3, 0.4) is 0 Å². The average Bonchev–Trinajstić information content (AvgIpc) is 2.17. The predicted molar refractivity (Wildman–Crippen MR) is 55.3 cm³/mol. The maximum Gasteiger partial charge on any atom is 0.354 e. The third kappa shape index (κ3) is 1.96. The number of pyridine rings is 1. The van der Waals surface area contributed by atoms with E-state index >= 15 is 0 Å². The van der Waals surface area contributed by atoms with Crippen LogP contribution in [0, 0.1) is 0 Å². The molecule has 0 saturated carbocycles. The standard InChI is InChI=1S/C9H10N2O2.ClH/c12-9(13)7-4-3-6-2-1-5-10-8(6)11-7;/h3-4H,1-2,5H2,(H,10,11)(H,12,13);1H. The molecule has 0 bridgehead atoms. The molecule has 14 heavy (non-hydrogen) atoms. The lowest BCUT2D eigenvalue weighted by atomic mass is 10.1. The molecule has 0 atom stereocenters. The molecular formula is C9H11ClN2O2. The van der Waals surface area contributed by atoms with Crippen LogP contribution in [0.25, 0.3) is 0 Å². The quantitative estimate of drug-likeness (QED) is 0.745. The fourth-order valence-electron chi connectivity index (χ4n) is 1.45.